The molecule has 0 unspecified atom stereocenters. The Balaban J connectivity index is 1.45. The molecule has 0 aliphatic carbocycles. The molecule has 0 atom stereocenters. The van der Waals surface area contributed by atoms with Crippen LogP contribution in [0.4, 0.5) is 5.69 Å². The first-order valence-corrected chi connectivity index (χ1v) is 19.1. The third-order valence-corrected chi connectivity index (χ3v) is 9.93. The smallest absolute Gasteiger partial charge is 0.321 e. The van der Waals surface area contributed by atoms with Gasteiger partial charge in [-0.25, -0.2) is 0 Å². The van der Waals surface area contributed by atoms with Gasteiger partial charge in [0.1, 0.15) is 16.9 Å². The minimum absolute atomic E-state index is 0.725. The van der Waals surface area contributed by atoms with Crippen molar-refractivity contribution in [1.82, 2.24) is 19.3 Å². The molecule has 0 bridgehead atoms. The molecule has 0 saturated heterocycles. The van der Waals surface area contributed by atoms with Gasteiger partial charge in [0.05, 0.1) is 11.1 Å². The highest BCUT2D eigenvalue weighted by Crippen LogP contribution is 2.34. The quantitative estimate of drug-likeness (QED) is 0.131. The minimum atomic E-state index is 0.725. The molecular weight excluding hydrogens is 699 g/mol. The molecule has 0 saturated carbocycles. The van der Waals surface area contributed by atoms with Gasteiger partial charge in [-0.05, 0) is 107 Å². The molecule has 0 fully saturated rings. The highest BCUT2D eigenvalue weighted by Gasteiger charge is 2.39. The van der Waals surface area contributed by atoms with Gasteiger partial charge in [-0.1, -0.05) is 131 Å². The van der Waals surface area contributed by atoms with Crippen molar-refractivity contribution in [3.63, 3.8) is 0 Å². The fraction of sp³-hybridized carbons (Fsp3) is 0.0400. The Labute approximate surface area is 332 Å². The van der Waals surface area contributed by atoms with Gasteiger partial charge in [-0.2, -0.15) is 9.13 Å². The van der Waals surface area contributed by atoms with Crippen molar-refractivity contribution in [3.8, 4) is 45.5 Å². The molecule has 7 heteroatoms. The average Bonchev–Trinajstić information content (AvgIpc) is 3.88. The van der Waals surface area contributed by atoms with Crippen LogP contribution in [0.25, 0.3) is 57.2 Å². The molecule has 2 heterocycles. The van der Waals surface area contributed by atoms with Crippen molar-refractivity contribution in [2.24, 2.45) is 0 Å². The summed E-state index contributed by atoms with van der Waals surface area (Å²) in [6, 6.07) is 71.2. The molecule has 9 rings (SSSR count). The van der Waals surface area contributed by atoms with Gasteiger partial charge in [0, 0.05) is 19.8 Å². The fourth-order valence-corrected chi connectivity index (χ4v) is 7.20. The summed E-state index contributed by atoms with van der Waals surface area (Å²) in [5.74, 6) is 3.27. The Morgan fingerprint density at radius 2 is 0.789 bits per heavy atom. The summed E-state index contributed by atoms with van der Waals surface area (Å²) < 4.78 is 8.64. The van der Waals surface area contributed by atoms with E-state index in [2.05, 4.69) is 213 Å². The van der Waals surface area contributed by atoms with Crippen LogP contribution < -0.4 is 14.3 Å². The molecule has 0 N–H and O–H groups in total. The summed E-state index contributed by atoms with van der Waals surface area (Å²) in [4.78, 5) is 2.11. The molecule has 0 radical (unpaired) electrons. The monoisotopic (exact) mass is 739 g/mol. The molecule has 7 nitrogen and oxygen atoms in total. The van der Waals surface area contributed by atoms with E-state index in [0.29, 0.717) is 0 Å². The lowest BCUT2D eigenvalue weighted by molar-refractivity contribution is -0.646. The normalized spacial score (nSPS) is 11.0. The number of aromatic nitrogens is 6. The van der Waals surface area contributed by atoms with Crippen LogP contribution in [0, 0.1) is 0 Å². The van der Waals surface area contributed by atoms with Crippen LogP contribution in [0.2, 0.25) is 0 Å². The summed E-state index contributed by atoms with van der Waals surface area (Å²) in [6.07, 6.45) is 2.22. The minimum Gasteiger partial charge on any atom is -0.378 e. The second kappa shape index (κ2) is 15.6. The third kappa shape index (κ3) is 6.94. The zero-order chi connectivity index (χ0) is 38.6. The van der Waals surface area contributed by atoms with Crippen LogP contribution in [-0.4, -0.2) is 33.4 Å². The van der Waals surface area contributed by atoms with E-state index in [0.717, 1.165) is 74.0 Å². The Morgan fingerprint density at radius 3 is 1.16 bits per heavy atom. The van der Waals surface area contributed by atoms with Crippen LogP contribution >= 0.6 is 0 Å². The van der Waals surface area contributed by atoms with Crippen molar-refractivity contribution in [2.45, 2.75) is 0 Å². The predicted octanol–water partition coefficient (Wildman–Crippen LogP) is 9.60. The Kier molecular flexibility index (Phi) is 9.61. The highest BCUT2D eigenvalue weighted by molar-refractivity contribution is 5.89. The summed E-state index contributed by atoms with van der Waals surface area (Å²) in [6.45, 7) is 0. The number of hydrogen-bond donors (Lipinski definition) is 0. The van der Waals surface area contributed by atoms with E-state index >= 15 is 0 Å². The van der Waals surface area contributed by atoms with E-state index < -0.39 is 0 Å². The Bertz CT molecular complexity index is 2590. The number of benzene rings is 7. The Hall–Kier alpha value is -7.64. The van der Waals surface area contributed by atoms with Gasteiger partial charge < -0.3 is 4.90 Å². The zero-order valence-corrected chi connectivity index (χ0v) is 31.8. The molecule has 2 aromatic heterocycles. The Morgan fingerprint density at radius 1 is 0.439 bits per heavy atom. The van der Waals surface area contributed by atoms with Crippen molar-refractivity contribution in [3.05, 3.63) is 223 Å². The first kappa shape index (κ1) is 35.1. The van der Waals surface area contributed by atoms with E-state index in [1.807, 2.05) is 36.4 Å². The SMILES string of the molecule is CN(C)c1ccc(C=C(c2n[n+](-c3ccccc3)c(-c3ccccc3)n2-c2ccccc2)c2n[n+](-c3ccccc3)c(-c3ccccc3)n2-c2ccccc2)cc1. The largest absolute Gasteiger partial charge is 0.378 e. The summed E-state index contributed by atoms with van der Waals surface area (Å²) >= 11 is 0. The second-order valence-corrected chi connectivity index (χ2v) is 13.9. The van der Waals surface area contributed by atoms with Crippen LogP contribution in [0.3, 0.4) is 0 Å². The maximum absolute atomic E-state index is 5.61. The number of nitrogens with zero attached hydrogens (tertiary/aromatic N) is 7. The van der Waals surface area contributed by atoms with E-state index in [-0.39, 0.29) is 0 Å². The van der Waals surface area contributed by atoms with Gasteiger partial charge in [0.25, 0.3) is 11.6 Å². The summed E-state index contributed by atoms with van der Waals surface area (Å²) in [7, 11) is 4.12. The van der Waals surface area contributed by atoms with Gasteiger partial charge >= 0.3 is 11.6 Å². The number of anilines is 1. The molecule has 0 aliphatic rings. The number of rotatable bonds is 10. The lowest BCUT2D eigenvalue weighted by Crippen LogP contribution is -2.35. The van der Waals surface area contributed by atoms with Crippen molar-refractivity contribution < 1.29 is 9.36 Å². The van der Waals surface area contributed by atoms with Crippen LogP contribution in [0.1, 0.15) is 17.2 Å². The van der Waals surface area contributed by atoms with Crippen LogP contribution in [-0.2, 0) is 0 Å². The zero-order valence-electron chi connectivity index (χ0n) is 31.8. The third-order valence-electron chi connectivity index (χ3n) is 9.93. The van der Waals surface area contributed by atoms with Crippen LogP contribution in [0.5, 0.6) is 0 Å². The van der Waals surface area contributed by atoms with E-state index in [4.69, 9.17) is 10.2 Å². The van der Waals surface area contributed by atoms with Crippen molar-refractivity contribution >= 4 is 17.3 Å². The number of para-hydroxylation sites is 4. The molecule has 0 aliphatic heterocycles. The van der Waals surface area contributed by atoms with Gasteiger partial charge in [-0.3, -0.25) is 0 Å². The predicted molar refractivity (Wildman–Crippen MR) is 229 cm³/mol. The average molecular weight is 740 g/mol. The van der Waals surface area contributed by atoms with Gasteiger partial charge in [0.15, 0.2) is 11.4 Å². The molecular formula is C50H41N7+2. The van der Waals surface area contributed by atoms with E-state index in [9.17, 15) is 0 Å². The first-order valence-electron chi connectivity index (χ1n) is 19.1. The lowest BCUT2D eigenvalue weighted by atomic mass is 10.1. The highest BCUT2D eigenvalue weighted by atomic mass is 15.4. The van der Waals surface area contributed by atoms with Gasteiger partial charge in [-0.15, -0.1) is 0 Å². The van der Waals surface area contributed by atoms with E-state index in [1.54, 1.807) is 0 Å². The van der Waals surface area contributed by atoms with Crippen molar-refractivity contribution in [2.75, 3.05) is 19.0 Å². The summed E-state index contributed by atoms with van der Waals surface area (Å²) in [5, 5.41) is 11.2. The maximum atomic E-state index is 5.61. The molecule has 0 amide bonds. The van der Waals surface area contributed by atoms with E-state index in [1.165, 1.54) is 0 Å². The first-order chi connectivity index (χ1) is 28.1. The fourth-order valence-electron chi connectivity index (χ4n) is 7.20. The number of hydrogen-bond acceptors (Lipinski definition) is 3. The molecule has 0 spiro atoms. The van der Waals surface area contributed by atoms with Crippen molar-refractivity contribution in [1.29, 1.82) is 0 Å². The molecule has 274 valence electrons. The maximum Gasteiger partial charge on any atom is 0.321 e. The molecule has 9 aromatic rings. The second-order valence-electron chi connectivity index (χ2n) is 13.9. The topological polar surface area (TPSA) is 46.6 Å². The molecule has 7 aromatic carbocycles. The van der Waals surface area contributed by atoms with Gasteiger partial charge in [0.2, 0.25) is 0 Å². The van der Waals surface area contributed by atoms with Crippen LogP contribution in [0.15, 0.2) is 206 Å². The lowest BCUT2D eigenvalue weighted by Gasteiger charge is -2.12. The molecule has 57 heavy (non-hydrogen) atoms. The summed E-state index contributed by atoms with van der Waals surface area (Å²) in [5.41, 5.74) is 8.84. The standard InChI is InChI=1S/C50H41N7/c1-53(2)41-35-33-38(34-36-41)37-46(47-51-56(44-29-17-7-18-30-44)49(39-21-9-3-10-22-39)54(47)42-25-13-5-14-26-42)48-52-57(45-31-19-8-20-32-45)50(40-23-11-4-12-24-40)55(48)43-27-15-6-16-28-43/h3-37H,1-2H3/q+2.